The molecule has 2 aromatic carbocycles. The van der Waals surface area contributed by atoms with Crippen LogP contribution in [0.2, 0.25) is 5.02 Å². The number of aryl methyl sites for hydroxylation is 1. The summed E-state index contributed by atoms with van der Waals surface area (Å²) in [6, 6.07) is 12.1. The highest BCUT2D eigenvalue weighted by Crippen LogP contribution is 2.20. The molecule has 0 spiro atoms. The smallest absolute Gasteiger partial charge is 0.257 e. The average molecular weight is 320 g/mol. The first-order chi connectivity index (χ1) is 10.5. The SMILES string of the molecule is Cc1ccc(C(=O)N(C)CCOc2cccc(Cl)c2)c(O)c1. The topological polar surface area (TPSA) is 49.8 Å². The number of hydrogen-bond donors (Lipinski definition) is 1. The largest absolute Gasteiger partial charge is 0.507 e. The predicted molar refractivity (Wildman–Crippen MR) is 86.8 cm³/mol. The number of rotatable bonds is 5. The lowest BCUT2D eigenvalue weighted by molar-refractivity contribution is 0.0771. The molecule has 0 aliphatic rings. The second-order valence-corrected chi connectivity index (χ2v) is 5.49. The molecule has 4 nitrogen and oxygen atoms in total. The minimum absolute atomic E-state index is 0.00684. The van der Waals surface area contributed by atoms with E-state index in [1.807, 2.05) is 6.92 Å². The molecule has 0 fully saturated rings. The second kappa shape index (κ2) is 7.18. The van der Waals surface area contributed by atoms with Crippen molar-refractivity contribution in [3.63, 3.8) is 0 Å². The summed E-state index contributed by atoms with van der Waals surface area (Å²) < 4.78 is 5.55. The molecule has 0 radical (unpaired) electrons. The molecule has 0 bridgehead atoms. The van der Waals surface area contributed by atoms with E-state index >= 15 is 0 Å². The van der Waals surface area contributed by atoms with Crippen molar-refractivity contribution in [3.8, 4) is 11.5 Å². The van der Waals surface area contributed by atoms with E-state index in [0.717, 1.165) is 5.56 Å². The molecule has 1 amide bonds. The number of ether oxygens (including phenoxy) is 1. The van der Waals surface area contributed by atoms with Crippen molar-refractivity contribution in [2.24, 2.45) is 0 Å². The number of hydrogen-bond acceptors (Lipinski definition) is 3. The monoisotopic (exact) mass is 319 g/mol. The molecular formula is C17H18ClNO3. The molecule has 1 N–H and O–H groups in total. The van der Waals surface area contributed by atoms with Crippen molar-refractivity contribution >= 4 is 17.5 Å². The maximum atomic E-state index is 12.3. The standard InChI is InChI=1S/C17H18ClNO3/c1-12-6-7-15(16(20)10-12)17(21)19(2)8-9-22-14-5-3-4-13(18)11-14/h3-7,10-11,20H,8-9H2,1-2H3. The van der Waals surface area contributed by atoms with Crippen LogP contribution in [0.25, 0.3) is 0 Å². The fourth-order valence-corrected chi connectivity index (χ4v) is 2.17. The van der Waals surface area contributed by atoms with E-state index in [2.05, 4.69) is 0 Å². The van der Waals surface area contributed by atoms with E-state index in [0.29, 0.717) is 23.9 Å². The van der Waals surface area contributed by atoms with Crippen molar-refractivity contribution in [2.75, 3.05) is 20.2 Å². The second-order valence-electron chi connectivity index (χ2n) is 5.05. The molecule has 0 aromatic heterocycles. The van der Waals surface area contributed by atoms with Crippen LogP contribution in [0.4, 0.5) is 0 Å². The van der Waals surface area contributed by atoms with Crippen LogP contribution in [-0.2, 0) is 0 Å². The molecule has 0 atom stereocenters. The summed E-state index contributed by atoms with van der Waals surface area (Å²) in [4.78, 5) is 13.8. The first kappa shape index (κ1) is 16.2. The van der Waals surface area contributed by atoms with E-state index in [1.54, 1.807) is 49.5 Å². The van der Waals surface area contributed by atoms with Gasteiger partial charge in [-0.1, -0.05) is 23.7 Å². The van der Waals surface area contributed by atoms with Crippen LogP contribution in [0, 0.1) is 6.92 Å². The van der Waals surface area contributed by atoms with Crippen molar-refractivity contribution in [3.05, 3.63) is 58.6 Å². The van der Waals surface area contributed by atoms with Gasteiger partial charge in [0.2, 0.25) is 0 Å². The fourth-order valence-electron chi connectivity index (χ4n) is 1.99. The summed E-state index contributed by atoms with van der Waals surface area (Å²) in [7, 11) is 1.67. The van der Waals surface area contributed by atoms with Crippen LogP contribution in [-0.4, -0.2) is 36.1 Å². The Morgan fingerprint density at radius 1 is 1.27 bits per heavy atom. The predicted octanol–water partition coefficient (Wildman–Crippen LogP) is 3.51. The van der Waals surface area contributed by atoms with Gasteiger partial charge in [0, 0.05) is 12.1 Å². The Kier molecular flexibility index (Phi) is 5.28. The maximum absolute atomic E-state index is 12.3. The Bertz CT molecular complexity index is 673. The van der Waals surface area contributed by atoms with E-state index in [9.17, 15) is 9.90 Å². The minimum atomic E-state index is -0.243. The molecule has 22 heavy (non-hydrogen) atoms. The van der Waals surface area contributed by atoms with Gasteiger partial charge in [-0.3, -0.25) is 4.79 Å². The zero-order valence-electron chi connectivity index (χ0n) is 12.5. The van der Waals surface area contributed by atoms with Crippen LogP contribution in [0.3, 0.4) is 0 Å². The lowest BCUT2D eigenvalue weighted by atomic mass is 10.1. The summed E-state index contributed by atoms with van der Waals surface area (Å²) in [5.74, 6) is 0.409. The summed E-state index contributed by atoms with van der Waals surface area (Å²) >= 11 is 5.87. The van der Waals surface area contributed by atoms with E-state index in [-0.39, 0.29) is 17.2 Å². The van der Waals surface area contributed by atoms with Gasteiger partial charge in [-0.25, -0.2) is 0 Å². The highest BCUT2D eigenvalue weighted by Gasteiger charge is 2.15. The van der Waals surface area contributed by atoms with Crippen molar-refractivity contribution in [1.29, 1.82) is 0 Å². The van der Waals surface area contributed by atoms with Gasteiger partial charge in [0.05, 0.1) is 12.1 Å². The third-order valence-electron chi connectivity index (χ3n) is 3.22. The lowest BCUT2D eigenvalue weighted by Gasteiger charge is -2.18. The number of amides is 1. The molecule has 0 unspecified atom stereocenters. The Hall–Kier alpha value is -2.20. The zero-order valence-corrected chi connectivity index (χ0v) is 13.3. The summed E-state index contributed by atoms with van der Waals surface area (Å²) in [6.07, 6.45) is 0. The number of halogens is 1. The summed E-state index contributed by atoms with van der Waals surface area (Å²) in [5, 5.41) is 10.5. The van der Waals surface area contributed by atoms with Crippen molar-refractivity contribution in [2.45, 2.75) is 6.92 Å². The highest BCUT2D eigenvalue weighted by molar-refractivity contribution is 6.30. The molecule has 5 heteroatoms. The highest BCUT2D eigenvalue weighted by atomic mass is 35.5. The molecule has 0 saturated carbocycles. The number of likely N-dealkylation sites (N-methyl/N-ethyl adjacent to an activating group) is 1. The van der Waals surface area contributed by atoms with E-state index < -0.39 is 0 Å². The third-order valence-corrected chi connectivity index (χ3v) is 3.46. The maximum Gasteiger partial charge on any atom is 0.257 e. The van der Waals surface area contributed by atoms with Gasteiger partial charge in [-0.2, -0.15) is 0 Å². The van der Waals surface area contributed by atoms with Crippen LogP contribution in [0.15, 0.2) is 42.5 Å². The quantitative estimate of drug-likeness (QED) is 0.917. The third kappa shape index (κ3) is 4.15. The number of phenols is 1. The summed E-state index contributed by atoms with van der Waals surface area (Å²) in [6.45, 7) is 2.60. The van der Waals surface area contributed by atoms with Crippen LogP contribution in [0.5, 0.6) is 11.5 Å². The minimum Gasteiger partial charge on any atom is -0.507 e. The molecule has 2 rings (SSSR count). The molecule has 2 aromatic rings. The van der Waals surface area contributed by atoms with Gasteiger partial charge in [0.1, 0.15) is 18.1 Å². The summed E-state index contributed by atoms with van der Waals surface area (Å²) in [5.41, 5.74) is 1.19. The number of carbonyl (C=O) groups excluding carboxylic acids is 1. The van der Waals surface area contributed by atoms with Crippen LogP contribution in [0.1, 0.15) is 15.9 Å². The van der Waals surface area contributed by atoms with Gasteiger partial charge < -0.3 is 14.7 Å². The van der Waals surface area contributed by atoms with Crippen molar-refractivity contribution in [1.82, 2.24) is 4.90 Å². The molecular weight excluding hydrogens is 302 g/mol. The molecule has 0 saturated heterocycles. The van der Waals surface area contributed by atoms with E-state index in [1.165, 1.54) is 4.90 Å². The number of phenolic OH excluding ortho intramolecular Hbond substituents is 1. The van der Waals surface area contributed by atoms with Gasteiger partial charge in [-0.05, 0) is 42.8 Å². The normalized spacial score (nSPS) is 10.3. The number of nitrogens with zero attached hydrogens (tertiary/aromatic N) is 1. The lowest BCUT2D eigenvalue weighted by Crippen LogP contribution is -2.30. The Balaban J connectivity index is 1.91. The Morgan fingerprint density at radius 3 is 2.73 bits per heavy atom. The van der Waals surface area contributed by atoms with Gasteiger partial charge in [0.25, 0.3) is 5.91 Å². The molecule has 0 aliphatic heterocycles. The Labute approximate surface area is 134 Å². The van der Waals surface area contributed by atoms with Gasteiger partial charge in [-0.15, -0.1) is 0 Å². The first-order valence-electron chi connectivity index (χ1n) is 6.91. The Morgan fingerprint density at radius 2 is 2.05 bits per heavy atom. The fraction of sp³-hybridized carbons (Fsp3) is 0.235. The first-order valence-corrected chi connectivity index (χ1v) is 7.28. The molecule has 116 valence electrons. The van der Waals surface area contributed by atoms with Crippen LogP contribution < -0.4 is 4.74 Å². The van der Waals surface area contributed by atoms with Crippen LogP contribution >= 0.6 is 11.6 Å². The van der Waals surface area contributed by atoms with Gasteiger partial charge >= 0.3 is 0 Å². The number of benzene rings is 2. The van der Waals surface area contributed by atoms with Crippen molar-refractivity contribution < 1.29 is 14.6 Å². The molecule has 0 aliphatic carbocycles. The molecule has 0 heterocycles. The van der Waals surface area contributed by atoms with Gasteiger partial charge in [0.15, 0.2) is 0 Å². The zero-order chi connectivity index (χ0) is 16.1. The van der Waals surface area contributed by atoms with E-state index in [4.69, 9.17) is 16.3 Å². The average Bonchev–Trinajstić information content (AvgIpc) is 2.46. The number of carbonyl (C=O) groups is 1. The number of aromatic hydroxyl groups is 1.